The minimum absolute atomic E-state index is 0.00824. The van der Waals surface area contributed by atoms with Gasteiger partial charge in [0.25, 0.3) is 5.91 Å². The van der Waals surface area contributed by atoms with Crippen molar-refractivity contribution in [2.45, 2.75) is 43.4 Å². The Morgan fingerprint density at radius 1 is 1.14 bits per heavy atom. The summed E-state index contributed by atoms with van der Waals surface area (Å²) in [6, 6.07) is 9.00. The second-order valence-electron chi connectivity index (χ2n) is 10.5. The molecule has 2 saturated heterocycles. The number of piperidine rings is 1. The van der Waals surface area contributed by atoms with Gasteiger partial charge in [-0.2, -0.15) is 0 Å². The van der Waals surface area contributed by atoms with E-state index in [-0.39, 0.29) is 36.9 Å². The van der Waals surface area contributed by atoms with Crippen LogP contribution in [0.5, 0.6) is 0 Å². The van der Waals surface area contributed by atoms with Crippen LogP contribution in [-0.2, 0) is 19.9 Å². The fourth-order valence-corrected chi connectivity index (χ4v) is 5.80. The van der Waals surface area contributed by atoms with Crippen LogP contribution < -0.4 is 16.0 Å². The van der Waals surface area contributed by atoms with E-state index in [1.54, 1.807) is 18.2 Å². The lowest BCUT2D eigenvalue weighted by Crippen LogP contribution is -2.59. The van der Waals surface area contributed by atoms with Crippen LogP contribution in [0.2, 0.25) is 5.02 Å². The van der Waals surface area contributed by atoms with Crippen molar-refractivity contribution < 1.29 is 38.9 Å². The van der Waals surface area contributed by atoms with Crippen molar-refractivity contribution in [3.63, 3.8) is 0 Å². The Balaban J connectivity index is 1.38. The van der Waals surface area contributed by atoms with Gasteiger partial charge in [0.1, 0.15) is 6.04 Å². The van der Waals surface area contributed by atoms with Gasteiger partial charge in [-0.05, 0) is 61.7 Å². The monoisotopic (exact) mass is 599 g/mol. The summed E-state index contributed by atoms with van der Waals surface area (Å²) in [5.41, 5.74) is 0.398. The van der Waals surface area contributed by atoms with Gasteiger partial charge < -0.3 is 30.1 Å². The van der Waals surface area contributed by atoms with E-state index in [1.165, 1.54) is 34.1 Å². The lowest BCUT2D eigenvalue weighted by Gasteiger charge is -2.46. The average molecular weight is 600 g/mol. The van der Waals surface area contributed by atoms with E-state index < -0.39 is 41.6 Å². The molecule has 3 atom stereocenters. The second-order valence-corrected chi connectivity index (χ2v) is 10.9. The van der Waals surface area contributed by atoms with Crippen LogP contribution in [-0.4, -0.2) is 88.2 Å². The molecule has 13 nitrogen and oxygen atoms in total. The largest absolute Gasteiger partial charge is 0.465 e. The normalized spacial score (nSPS) is 21.8. The number of nitrogens with one attached hydrogen (secondary N) is 3. The Morgan fingerprint density at radius 3 is 2.57 bits per heavy atom. The van der Waals surface area contributed by atoms with Crippen molar-refractivity contribution in [2.24, 2.45) is 0 Å². The van der Waals surface area contributed by atoms with Crippen LogP contribution in [0, 0.1) is 0 Å². The van der Waals surface area contributed by atoms with Gasteiger partial charge in [-0.1, -0.05) is 11.6 Å². The molecule has 0 radical (unpaired) electrons. The molecule has 1 spiro atoms. The molecule has 3 aliphatic rings. The first kappa shape index (κ1) is 29.1. The molecule has 5 N–H and O–H groups in total. The topological polar surface area (TPSA) is 178 Å². The molecule has 0 aromatic heterocycles. The van der Waals surface area contributed by atoms with E-state index in [0.29, 0.717) is 48.6 Å². The first-order valence-corrected chi connectivity index (χ1v) is 13.9. The highest BCUT2D eigenvalue weighted by Crippen LogP contribution is 2.43. The number of carbonyl (C=O) groups excluding carboxylic acids is 4. The molecule has 222 valence electrons. The minimum Gasteiger partial charge on any atom is -0.465 e. The predicted octanol–water partition coefficient (Wildman–Crippen LogP) is 2.59. The summed E-state index contributed by atoms with van der Waals surface area (Å²) >= 11 is 6.26. The Bertz CT molecular complexity index is 1420. The lowest BCUT2D eigenvalue weighted by molar-refractivity contribution is -0.147. The van der Waals surface area contributed by atoms with Crippen LogP contribution in [0.4, 0.5) is 21.0 Å². The number of hydrogen-bond acceptors (Lipinski definition) is 7. The summed E-state index contributed by atoms with van der Waals surface area (Å²) in [6.45, 7) is 0.528. The Labute approximate surface area is 245 Å². The number of aliphatic hydroxyl groups is 1. The number of carboxylic acid groups (broad SMARTS) is 1. The number of amides is 5. The van der Waals surface area contributed by atoms with Crippen molar-refractivity contribution in [3.05, 3.63) is 58.6 Å². The third-order valence-electron chi connectivity index (χ3n) is 7.82. The lowest BCUT2D eigenvalue weighted by atomic mass is 9.83. The van der Waals surface area contributed by atoms with Crippen LogP contribution in [0.15, 0.2) is 42.5 Å². The van der Waals surface area contributed by atoms with Crippen molar-refractivity contribution in [2.75, 3.05) is 36.9 Å². The van der Waals surface area contributed by atoms with Gasteiger partial charge in [-0.15, -0.1) is 0 Å². The number of anilines is 2. The van der Waals surface area contributed by atoms with E-state index in [0.717, 1.165) is 0 Å². The standard InChI is InChI=1S/C28H30ClN5O8/c29-17-4-7-21-20(12-17)28(42-27(41)32-21)9-1-10-33(15-28)25(38)22(13-23(36)34-11-8-19(34)14-35)31-24(37)16-2-5-18(6-3-16)30-26(39)40/h2-7,12,19,22,30,35H,1,8-11,13-15H2,(H,31,37)(H,32,41)(H,39,40)/t19-,22-,28-/m0/s1. The third-order valence-corrected chi connectivity index (χ3v) is 8.05. The number of aliphatic hydroxyl groups excluding tert-OH is 1. The number of likely N-dealkylation sites (tertiary alicyclic amines) is 2. The minimum atomic E-state index is -1.26. The SMILES string of the molecule is O=C(O)Nc1ccc(C(=O)N[C@@H](CC(=O)N2CC[C@H]2CO)C(=O)N2CCC[C@@]3(C2)OC(=O)Nc2ccc(Cl)cc23)cc1. The first-order valence-electron chi connectivity index (χ1n) is 13.5. The summed E-state index contributed by atoms with van der Waals surface area (Å²) in [4.78, 5) is 66.6. The maximum absolute atomic E-state index is 14.0. The van der Waals surface area contributed by atoms with Crippen molar-refractivity contribution in [3.8, 4) is 0 Å². The molecule has 2 fully saturated rings. The van der Waals surface area contributed by atoms with Gasteiger partial charge in [-0.3, -0.25) is 25.0 Å². The summed E-state index contributed by atoms with van der Waals surface area (Å²) in [7, 11) is 0. The van der Waals surface area contributed by atoms with E-state index in [9.17, 15) is 29.1 Å². The summed E-state index contributed by atoms with van der Waals surface area (Å²) in [5, 5.41) is 26.4. The quantitative estimate of drug-likeness (QED) is 0.322. The van der Waals surface area contributed by atoms with Crippen LogP contribution in [0.1, 0.15) is 41.6 Å². The highest BCUT2D eigenvalue weighted by atomic mass is 35.5. The number of fused-ring (bicyclic) bond motifs is 2. The van der Waals surface area contributed by atoms with Crippen LogP contribution in [0.25, 0.3) is 0 Å². The van der Waals surface area contributed by atoms with Crippen molar-refractivity contribution in [1.29, 1.82) is 0 Å². The van der Waals surface area contributed by atoms with Gasteiger partial charge in [-0.25, -0.2) is 9.59 Å². The molecule has 2 aromatic carbocycles. The number of benzene rings is 2. The zero-order valence-corrected chi connectivity index (χ0v) is 23.2. The second kappa shape index (κ2) is 11.9. The smallest absolute Gasteiger partial charge is 0.412 e. The molecule has 14 heteroatoms. The third kappa shape index (κ3) is 5.97. The number of halogens is 1. The number of rotatable bonds is 7. The Morgan fingerprint density at radius 2 is 1.90 bits per heavy atom. The summed E-state index contributed by atoms with van der Waals surface area (Å²) in [5.74, 6) is -1.56. The molecule has 3 heterocycles. The molecule has 5 amide bonds. The van der Waals surface area contributed by atoms with E-state index >= 15 is 0 Å². The number of ether oxygens (including phenoxy) is 1. The fraction of sp³-hybridized carbons (Fsp3) is 0.393. The molecule has 2 aromatic rings. The van der Waals surface area contributed by atoms with Crippen LogP contribution in [0.3, 0.4) is 0 Å². The summed E-state index contributed by atoms with van der Waals surface area (Å²) in [6.07, 6.45) is -0.695. The molecular weight excluding hydrogens is 570 g/mol. The maximum Gasteiger partial charge on any atom is 0.412 e. The molecule has 5 rings (SSSR count). The van der Waals surface area contributed by atoms with Crippen LogP contribution >= 0.6 is 11.6 Å². The van der Waals surface area contributed by atoms with Crippen molar-refractivity contribution in [1.82, 2.24) is 15.1 Å². The number of nitrogens with zero attached hydrogens (tertiary/aromatic N) is 2. The van der Waals surface area contributed by atoms with E-state index in [4.69, 9.17) is 21.4 Å². The van der Waals surface area contributed by atoms with Gasteiger partial charge in [0.05, 0.1) is 31.3 Å². The van der Waals surface area contributed by atoms with Gasteiger partial charge in [0, 0.05) is 34.9 Å². The molecule has 0 saturated carbocycles. The first-order chi connectivity index (χ1) is 20.1. The Hall–Kier alpha value is -4.36. The van der Waals surface area contributed by atoms with E-state index in [2.05, 4.69) is 16.0 Å². The van der Waals surface area contributed by atoms with Crippen molar-refractivity contribution >= 4 is 52.9 Å². The highest BCUT2D eigenvalue weighted by Gasteiger charge is 2.47. The van der Waals surface area contributed by atoms with Gasteiger partial charge in [0.15, 0.2) is 5.60 Å². The highest BCUT2D eigenvalue weighted by molar-refractivity contribution is 6.30. The van der Waals surface area contributed by atoms with E-state index in [1.807, 2.05) is 0 Å². The van der Waals surface area contributed by atoms with Gasteiger partial charge in [0.2, 0.25) is 11.8 Å². The predicted molar refractivity (Wildman–Crippen MR) is 150 cm³/mol. The average Bonchev–Trinajstić information content (AvgIpc) is 2.92. The Kier molecular flexibility index (Phi) is 8.23. The molecule has 0 aliphatic carbocycles. The number of hydrogen-bond donors (Lipinski definition) is 5. The zero-order valence-electron chi connectivity index (χ0n) is 22.5. The molecule has 3 aliphatic heterocycles. The molecule has 0 unspecified atom stereocenters. The zero-order chi connectivity index (χ0) is 30.0. The molecule has 0 bridgehead atoms. The molecular formula is C28H30ClN5O8. The fourth-order valence-electron chi connectivity index (χ4n) is 5.62. The van der Waals surface area contributed by atoms with Gasteiger partial charge >= 0.3 is 12.2 Å². The molecule has 42 heavy (non-hydrogen) atoms. The maximum atomic E-state index is 14.0. The number of carbonyl (C=O) groups is 5. The summed E-state index contributed by atoms with van der Waals surface area (Å²) < 4.78 is 5.78.